The van der Waals surface area contributed by atoms with Gasteiger partial charge in [-0.15, -0.1) is 0 Å². The summed E-state index contributed by atoms with van der Waals surface area (Å²) >= 11 is 0. The van der Waals surface area contributed by atoms with Crippen molar-refractivity contribution in [2.75, 3.05) is 14.2 Å². The Balaban J connectivity index is 2.93. The van der Waals surface area contributed by atoms with Crippen molar-refractivity contribution in [3.05, 3.63) is 29.3 Å². The topological polar surface area (TPSA) is 44.5 Å². The van der Waals surface area contributed by atoms with Crippen LogP contribution in [-0.4, -0.2) is 19.8 Å². The van der Waals surface area contributed by atoms with Crippen molar-refractivity contribution >= 4 is 0 Å². The van der Waals surface area contributed by atoms with E-state index in [4.69, 9.17) is 15.2 Å². The van der Waals surface area contributed by atoms with E-state index in [1.807, 2.05) is 26.0 Å². The van der Waals surface area contributed by atoms with Crippen LogP contribution >= 0.6 is 0 Å². The molecule has 0 aliphatic carbocycles. The second kappa shape index (κ2) is 5.32. The third-order valence-electron chi connectivity index (χ3n) is 2.30. The lowest BCUT2D eigenvalue weighted by Crippen LogP contribution is -2.34. The van der Waals surface area contributed by atoms with E-state index in [9.17, 15) is 0 Å². The number of nitrogens with two attached hydrogens (primary N) is 1. The van der Waals surface area contributed by atoms with Crippen molar-refractivity contribution in [1.29, 1.82) is 0 Å². The van der Waals surface area contributed by atoms with Crippen LogP contribution in [0.25, 0.3) is 0 Å². The van der Waals surface area contributed by atoms with E-state index < -0.39 is 0 Å². The van der Waals surface area contributed by atoms with Crippen LogP contribution in [0.1, 0.15) is 25.0 Å². The predicted molar refractivity (Wildman–Crippen MR) is 65.7 cm³/mol. The summed E-state index contributed by atoms with van der Waals surface area (Å²) in [5, 5.41) is 0. The van der Waals surface area contributed by atoms with E-state index in [1.165, 1.54) is 5.56 Å². The summed E-state index contributed by atoms with van der Waals surface area (Å²) in [7, 11) is 3.35. The first-order valence-electron chi connectivity index (χ1n) is 5.40. The van der Waals surface area contributed by atoms with Crippen LogP contribution in [-0.2, 0) is 17.8 Å². The zero-order chi connectivity index (χ0) is 12.2. The Morgan fingerprint density at radius 2 is 1.94 bits per heavy atom. The van der Waals surface area contributed by atoms with Crippen LogP contribution in [0, 0.1) is 0 Å². The molecule has 16 heavy (non-hydrogen) atoms. The van der Waals surface area contributed by atoms with Gasteiger partial charge in [0.1, 0.15) is 5.75 Å². The zero-order valence-corrected chi connectivity index (χ0v) is 10.5. The maximum atomic E-state index is 6.00. The van der Waals surface area contributed by atoms with Gasteiger partial charge in [0.2, 0.25) is 0 Å². The molecule has 1 aromatic rings. The van der Waals surface area contributed by atoms with E-state index in [1.54, 1.807) is 14.2 Å². The fourth-order valence-corrected chi connectivity index (χ4v) is 1.74. The molecule has 2 N–H and O–H groups in total. The van der Waals surface area contributed by atoms with Crippen LogP contribution < -0.4 is 10.5 Å². The summed E-state index contributed by atoms with van der Waals surface area (Å²) in [6.45, 7) is 4.60. The van der Waals surface area contributed by atoms with Gasteiger partial charge in [0.05, 0.1) is 13.7 Å². The molecule has 3 heteroatoms. The molecule has 0 aromatic heterocycles. The van der Waals surface area contributed by atoms with Crippen molar-refractivity contribution in [3.63, 3.8) is 0 Å². The third kappa shape index (κ3) is 3.83. The highest BCUT2D eigenvalue weighted by molar-refractivity contribution is 5.37. The summed E-state index contributed by atoms with van der Waals surface area (Å²) in [4.78, 5) is 0. The van der Waals surface area contributed by atoms with Gasteiger partial charge in [-0.1, -0.05) is 6.07 Å². The van der Waals surface area contributed by atoms with Crippen LogP contribution in [0.4, 0.5) is 0 Å². The second-order valence-corrected chi connectivity index (χ2v) is 4.74. The molecule has 0 aliphatic rings. The van der Waals surface area contributed by atoms with Gasteiger partial charge >= 0.3 is 0 Å². The van der Waals surface area contributed by atoms with Crippen molar-refractivity contribution in [2.24, 2.45) is 5.73 Å². The van der Waals surface area contributed by atoms with Gasteiger partial charge in [-0.3, -0.25) is 0 Å². The highest BCUT2D eigenvalue weighted by Gasteiger charge is 2.13. The average molecular weight is 223 g/mol. The standard InChI is InChI=1S/C13H21NO2/c1-13(2,14)8-10-5-6-12(16-4)11(7-10)9-15-3/h5-7H,8-9,14H2,1-4H3. The van der Waals surface area contributed by atoms with E-state index in [0.717, 1.165) is 17.7 Å². The predicted octanol–water partition coefficient (Wildman–Crippen LogP) is 2.12. The molecule has 1 rings (SSSR count). The van der Waals surface area contributed by atoms with Gasteiger partial charge < -0.3 is 15.2 Å². The Labute approximate surface area is 97.6 Å². The molecule has 3 nitrogen and oxygen atoms in total. The van der Waals surface area contributed by atoms with E-state index in [0.29, 0.717) is 6.61 Å². The third-order valence-corrected chi connectivity index (χ3v) is 2.30. The van der Waals surface area contributed by atoms with Crippen LogP contribution in [0.2, 0.25) is 0 Å². The molecule has 1 aromatic carbocycles. The molecular formula is C13H21NO2. The average Bonchev–Trinajstić information content (AvgIpc) is 2.16. The SMILES string of the molecule is COCc1cc(CC(C)(C)N)ccc1OC. The minimum Gasteiger partial charge on any atom is -0.496 e. The molecule has 0 saturated carbocycles. The molecule has 0 amide bonds. The molecular weight excluding hydrogens is 202 g/mol. The molecule has 0 aliphatic heterocycles. The zero-order valence-electron chi connectivity index (χ0n) is 10.5. The quantitative estimate of drug-likeness (QED) is 0.831. The number of ether oxygens (including phenoxy) is 2. The summed E-state index contributed by atoms with van der Waals surface area (Å²) in [6.07, 6.45) is 0.841. The normalized spacial score (nSPS) is 11.6. The Morgan fingerprint density at radius 1 is 1.25 bits per heavy atom. The first kappa shape index (κ1) is 13.0. The summed E-state index contributed by atoms with van der Waals surface area (Å²) < 4.78 is 10.4. The number of hydrogen-bond donors (Lipinski definition) is 1. The first-order chi connectivity index (χ1) is 7.46. The van der Waals surface area contributed by atoms with E-state index in [2.05, 4.69) is 6.07 Å². The van der Waals surface area contributed by atoms with Gasteiger partial charge in [-0.25, -0.2) is 0 Å². The number of rotatable bonds is 5. The van der Waals surface area contributed by atoms with Gasteiger partial charge in [0.25, 0.3) is 0 Å². The highest BCUT2D eigenvalue weighted by Crippen LogP contribution is 2.22. The Kier molecular flexibility index (Phi) is 4.33. The molecule has 0 bridgehead atoms. The number of hydrogen-bond acceptors (Lipinski definition) is 3. The van der Waals surface area contributed by atoms with Crippen LogP contribution in [0.15, 0.2) is 18.2 Å². The number of benzene rings is 1. The molecule has 0 radical (unpaired) electrons. The summed E-state index contributed by atoms with van der Waals surface area (Å²) in [6, 6.07) is 6.11. The lowest BCUT2D eigenvalue weighted by Gasteiger charge is -2.19. The van der Waals surface area contributed by atoms with Crippen LogP contribution in [0.5, 0.6) is 5.75 Å². The maximum absolute atomic E-state index is 6.00. The monoisotopic (exact) mass is 223 g/mol. The molecule has 0 atom stereocenters. The van der Waals surface area contributed by atoms with E-state index >= 15 is 0 Å². The summed E-state index contributed by atoms with van der Waals surface area (Å²) in [5.41, 5.74) is 8.07. The lowest BCUT2D eigenvalue weighted by molar-refractivity contribution is 0.181. The van der Waals surface area contributed by atoms with Crippen molar-refractivity contribution in [1.82, 2.24) is 0 Å². The maximum Gasteiger partial charge on any atom is 0.124 e. The van der Waals surface area contributed by atoms with Crippen molar-refractivity contribution < 1.29 is 9.47 Å². The Hall–Kier alpha value is -1.06. The van der Waals surface area contributed by atoms with Gasteiger partial charge in [-0.2, -0.15) is 0 Å². The smallest absolute Gasteiger partial charge is 0.124 e. The lowest BCUT2D eigenvalue weighted by atomic mass is 9.95. The minimum absolute atomic E-state index is 0.196. The molecule has 0 heterocycles. The van der Waals surface area contributed by atoms with Gasteiger partial charge in [-0.05, 0) is 38.0 Å². The molecule has 90 valence electrons. The van der Waals surface area contributed by atoms with E-state index in [-0.39, 0.29) is 5.54 Å². The molecule has 0 spiro atoms. The highest BCUT2D eigenvalue weighted by atomic mass is 16.5. The van der Waals surface area contributed by atoms with Crippen molar-refractivity contribution in [3.8, 4) is 5.75 Å². The number of methoxy groups -OCH3 is 2. The minimum atomic E-state index is -0.196. The van der Waals surface area contributed by atoms with Crippen LogP contribution in [0.3, 0.4) is 0 Å². The summed E-state index contributed by atoms with van der Waals surface area (Å²) in [5.74, 6) is 0.862. The fraction of sp³-hybridized carbons (Fsp3) is 0.538. The second-order valence-electron chi connectivity index (χ2n) is 4.74. The molecule has 0 saturated heterocycles. The Morgan fingerprint density at radius 3 is 2.44 bits per heavy atom. The largest absolute Gasteiger partial charge is 0.496 e. The first-order valence-corrected chi connectivity index (χ1v) is 5.40. The van der Waals surface area contributed by atoms with Gasteiger partial charge in [0.15, 0.2) is 0 Å². The molecule has 0 fully saturated rings. The van der Waals surface area contributed by atoms with Crippen molar-refractivity contribution in [2.45, 2.75) is 32.4 Å². The molecule has 0 unspecified atom stereocenters. The Bertz CT molecular complexity index is 342. The van der Waals surface area contributed by atoms with Gasteiger partial charge in [0, 0.05) is 18.2 Å². The fourth-order valence-electron chi connectivity index (χ4n) is 1.74.